The van der Waals surface area contributed by atoms with Crippen LogP contribution in [0.15, 0.2) is 17.1 Å². The van der Waals surface area contributed by atoms with Crippen LogP contribution < -0.4 is 16.4 Å². The van der Waals surface area contributed by atoms with Crippen LogP contribution in [0.1, 0.15) is 66.6 Å². The van der Waals surface area contributed by atoms with Gasteiger partial charge in [0.2, 0.25) is 5.91 Å². The van der Waals surface area contributed by atoms with Gasteiger partial charge in [0.15, 0.2) is 5.84 Å². The number of benzene rings is 1. The van der Waals surface area contributed by atoms with Gasteiger partial charge in [-0.1, -0.05) is 26.0 Å². The van der Waals surface area contributed by atoms with Crippen molar-refractivity contribution in [3.05, 3.63) is 45.9 Å². The van der Waals surface area contributed by atoms with Crippen LogP contribution in [0, 0.1) is 12.8 Å². The summed E-state index contributed by atoms with van der Waals surface area (Å²) in [5.41, 5.74) is 10.2. The van der Waals surface area contributed by atoms with Crippen molar-refractivity contribution in [3.8, 4) is 0 Å². The highest BCUT2D eigenvalue weighted by atomic mass is 19.1. The van der Waals surface area contributed by atoms with Crippen LogP contribution in [0.4, 0.5) is 14.6 Å². The molecule has 32 heavy (non-hydrogen) atoms. The fraction of sp³-hybridized carbons (Fsp3) is 0.522. The highest BCUT2D eigenvalue weighted by Gasteiger charge is 2.28. The Hall–Kier alpha value is -2.97. The minimum Gasteiger partial charge on any atom is -0.382 e. The number of amides is 1. The third kappa shape index (κ3) is 4.47. The van der Waals surface area contributed by atoms with E-state index in [0.29, 0.717) is 49.7 Å². The summed E-state index contributed by atoms with van der Waals surface area (Å²) in [7, 11) is 0. The number of aliphatic imine (C=N–C) groups is 1. The summed E-state index contributed by atoms with van der Waals surface area (Å²) in [4.78, 5) is 20.4. The summed E-state index contributed by atoms with van der Waals surface area (Å²) in [6, 6.07) is 3.98. The number of anilines is 1. The van der Waals surface area contributed by atoms with Crippen molar-refractivity contribution in [2.75, 3.05) is 11.9 Å². The van der Waals surface area contributed by atoms with E-state index in [-0.39, 0.29) is 17.7 Å². The number of aromatic nitrogens is 2. The van der Waals surface area contributed by atoms with Crippen LogP contribution in [-0.2, 0) is 24.2 Å². The molecule has 1 amide bonds. The molecule has 7 nitrogen and oxygen atoms in total. The first-order chi connectivity index (χ1) is 15.2. The molecule has 0 radical (unpaired) electrons. The highest BCUT2D eigenvalue weighted by Crippen LogP contribution is 2.36. The molecule has 0 saturated heterocycles. The van der Waals surface area contributed by atoms with Crippen molar-refractivity contribution in [1.82, 2.24) is 14.9 Å². The van der Waals surface area contributed by atoms with Crippen LogP contribution in [-0.4, -0.2) is 34.3 Å². The molecule has 2 aromatic rings. The van der Waals surface area contributed by atoms with Crippen molar-refractivity contribution in [2.24, 2.45) is 16.6 Å². The number of carbonyl (C=O) groups excluding carboxylic acids is 1. The van der Waals surface area contributed by atoms with Gasteiger partial charge in [0, 0.05) is 25.9 Å². The number of carbonyl (C=O) groups is 1. The fourth-order valence-corrected chi connectivity index (χ4v) is 4.42. The van der Waals surface area contributed by atoms with E-state index in [1.807, 2.05) is 31.4 Å². The average molecular weight is 445 g/mol. The third-order valence-electron chi connectivity index (χ3n) is 6.00. The second-order valence-electron chi connectivity index (χ2n) is 8.98. The molecule has 2 atom stereocenters. The number of hydrogen-bond acceptors (Lipinski definition) is 5. The molecule has 0 saturated carbocycles. The molecule has 1 aromatic carbocycles. The Morgan fingerprint density at radius 2 is 2.16 bits per heavy atom. The second kappa shape index (κ2) is 8.88. The van der Waals surface area contributed by atoms with E-state index in [4.69, 9.17) is 5.73 Å². The largest absolute Gasteiger partial charge is 0.382 e. The Morgan fingerprint density at radius 1 is 1.38 bits per heavy atom. The van der Waals surface area contributed by atoms with Gasteiger partial charge >= 0.3 is 0 Å². The summed E-state index contributed by atoms with van der Waals surface area (Å²) in [6.45, 7) is 6.74. The van der Waals surface area contributed by atoms with Gasteiger partial charge in [0.25, 0.3) is 6.42 Å². The van der Waals surface area contributed by atoms with Crippen LogP contribution in [0.5, 0.6) is 0 Å². The van der Waals surface area contributed by atoms with Gasteiger partial charge in [0.05, 0.1) is 0 Å². The molecular weight excluding hydrogens is 414 g/mol. The third-order valence-corrected chi connectivity index (χ3v) is 6.00. The minimum atomic E-state index is -1.66. The number of nitrogens with zero attached hydrogens (tertiary/aromatic N) is 3. The van der Waals surface area contributed by atoms with E-state index in [2.05, 4.69) is 26.7 Å². The molecule has 0 fully saturated rings. The standard InChI is InChI=1S/C23H30F2N6O/c1-12(2)8-19(32)27-6-7-31-18(28-20-21(26)29-23(25)30-22(20)31)11-15-10-16-14(9-13(15)3)4-5-17(16)24/h9-10,12,17,23,30H,4-8,11H2,1-3H3,(H2,26,29)(H,27,32). The number of fused-ring (bicyclic) bond motifs is 2. The average Bonchev–Trinajstić information content (AvgIpc) is 3.23. The lowest BCUT2D eigenvalue weighted by Gasteiger charge is -2.19. The first kappa shape index (κ1) is 22.2. The number of aryl methyl sites for hydroxylation is 2. The zero-order valence-corrected chi connectivity index (χ0v) is 18.7. The van der Waals surface area contributed by atoms with Crippen molar-refractivity contribution in [2.45, 2.75) is 65.6 Å². The molecule has 4 N–H and O–H groups in total. The fourth-order valence-electron chi connectivity index (χ4n) is 4.42. The number of halogens is 2. The van der Waals surface area contributed by atoms with Gasteiger partial charge in [-0.2, -0.15) is 4.39 Å². The Kier molecular flexibility index (Phi) is 6.17. The summed E-state index contributed by atoms with van der Waals surface area (Å²) in [5.74, 6) is 1.37. The van der Waals surface area contributed by atoms with Crippen molar-refractivity contribution < 1.29 is 13.6 Å². The van der Waals surface area contributed by atoms with Crippen molar-refractivity contribution in [1.29, 1.82) is 0 Å². The predicted molar refractivity (Wildman–Crippen MR) is 120 cm³/mol. The number of amidine groups is 1. The maximum Gasteiger partial charge on any atom is 0.267 e. The molecule has 172 valence electrons. The minimum absolute atomic E-state index is 0.0311. The number of imidazole rings is 1. The topological polar surface area (TPSA) is 97.3 Å². The van der Waals surface area contributed by atoms with E-state index in [1.165, 1.54) is 0 Å². The molecule has 2 unspecified atom stereocenters. The molecule has 1 aromatic heterocycles. The zero-order valence-electron chi connectivity index (χ0n) is 18.7. The van der Waals surface area contributed by atoms with Gasteiger partial charge in [-0.3, -0.25) is 4.79 Å². The van der Waals surface area contributed by atoms with E-state index < -0.39 is 12.6 Å². The van der Waals surface area contributed by atoms with Gasteiger partial charge in [0.1, 0.15) is 23.5 Å². The molecule has 2 heterocycles. The number of rotatable bonds is 7. The van der Waals surface area contributed by atoms with Gasteiger partial charge in [-0.05, 0) is 47.9 Å². The van der Waals surface area contributed by atoms with Gasteiger partial charge < -0.3 is 20.9 Å². The quantitative estimate of drug-likeness (QED) is 0.571. The predicted octanol–water partition coefficient (Wildman–Crippen LogP) is 3.29. The highest BCUT2D eigenvalue weighted by molar-refractivity contribution is 6.01. The van der Waals surface area contributed by atoms with E-state index in [9.17, 15) is 13.6 Å². The number of hydrogen-bond donors (Lipinski definition) is 3. The van der Waals surface area contributed by atoms with E-state index in [1.54, 1.807) is 0 Å². The number of nitrogens with two attached hydrogens (primary N) is 1. The Balaban J connectivity index is 1.62. The lowest BCUT2D eigenvalue weighted by Crippen LogP contribution is -2.31. The summed E-state index contributed by atoms with van der Waals surface area (Å²) in [6.07, 6.45) is -0.444. The maximum absolute atomic E-state index is 14.3. The van der Waals surface area contributed by atoms with Crippen LogP contribution in [0.25, 0.3) is 0 Å². The van der Waals surface area contributed by atoms with Crippen LogP contribution in [0.3, 0.4) is 0 Å². The van der Waals surface area contributed by atoms with E-state index >= 15 is 0 Å². The Morgan fingerprint density at radius 3 is 2.91 bits per heavy atom. The number of alkyl halides is 2. The lowest BCUT2D eigenvalue weighted by molar-refractivity contribution is -0.121. The number of nitrogens with one attached hydrogen (secondary N) is 2. The van der Waals surface area contributed by atoms with Crippen LogP contribution in [0.2, 0.25) is 0 Å². The van der Waals surface area contributed by atoms with Crippen molar-refractivity contribution in [3.63, 3.8) is 0 Å². The normalized spacial score (nSPS) is 19.4. The molecule has 0 spiro atoms. The smallest absolute Gasteiger partial charge is 0.267 e. The second-order valence-corrected chi connectivity index (χ2v) is 8.98. The van der Waals surface area contributed by atoms with Crippen molar-refractivity contribution >= 4 is 17.6 Å². The zero-order chi connectivity index (χ0) is 23.0. The molecule has 4 rings (SSSR count). The molecular formula is C23H30F2N6O. The molecule has 9 heteroatoms. The summed E-state index contributed by atoms with van der Waals surface area (Å²) in [5, 5.41) is 5.60. The van der Waals surface area contributed by atoms with Gasteiger partial charge in [-0.15, -0.1) is 0 Å². The Labute approximate surface area is 186 Å². The first-order valence-electron chi connectivity index (χ1n) is 11.1. The lowest BCUT2D eigenvalue weighted by atomic mass is 9.98. The SMILES string of the molecule is Cc1cc2c(cc1Cc1nc3c(n1CCNC(=O)CC(C)C)NC(F)N=C3N)C(F)CC2. The van der Waals surface area contributed by atoms with E-state index in [0.717, 1.165) is 28.7 Å². The molecule has 1 aliphatic carbocycles. The molecule has 2 aliphatic rings. The molecule has 1 aliphatic heterocycles. The summed E-state index contributed by atoms with van der Waals surface area (Å²) < 4.78 is 30.2. The monoisotopic (exact) mass is 444 g/mol. The molecule has 0 bridgehead atoms. The van der Waals surface area contributed by atoms with Crippen LogP contribution >= 0.6 is 0 Å². The first-order valence-corrected chi connectivity index (χ1v) is 11.1. The Bertz CT molecular complexity index is 1060. The summed E-state index contributed by atoms with van der Waals surface area (Å²) >= 11 is 0. The maximum atomic E-state index is 14.3. The van der Waals surface area contributed by atoms with Gasteiger partial charge in [-0.25, -0.2) is 14.4 Å².